The number of hydrogen-bond acceptors (Lipinski definition) is 3. The van der Waals surface area contributed by atoms with Crippen molar-refractivity contribution in [2.45, 2.75) is 0 Å². The maximum absolute atomic E-state index is 10.7. The predicted molar refractivity (Wildman–Crippen MR) is 88.0 cm³/mol. The smallest absolute Gasteiger partial charge is 0.335 e. The molecule has 0 saturated carbocycles. The summed E-state index contributed by atoms with van der Waals surface area (Å²) in [5, 5.41) is 12.7. The van der Waals surface area contributed by atoms with E-state index in [9.17, 15) is 4.79 Å². The predicted octanol–water partition coefficient (Wildman–Crippen LogP) is 4.09. The maximum atomic E-state index is 10.7. The first-order valence-electron chi connectivity index (χ1n) is 6.76. The minimum absolute atomic E-state index is 0.245. The van der Waals surface area contributed by atoms with Gasteiger partial charge >= 0.3 is 5.97 Å². The lowest BCUT2D eigenvalue weighted by molar-refractivity contribution is 0.0697. The fraction of sp³-hybridized carbons (Fsp3) is 0.118. The Balaban J connectivity index is 1.69. The molecule has 0 aliphatic carbocycles. The van der Waals surface area contributed by atoms with E-state index in [-0.39, 0.29) is 5.56 Å². The van der Waals surface area contributed by atoms with E-state index < -0.39 is 5.97 Å². The Bertz CT molecular complexity index is 636. The van der Waals surface area contributed by atoms with Crippen LogP contribution >= 0.6 is 11.6 Å². The van der Waals surface area contributed by atoms with E-state index in [0.29, 0.717) is 23.9 Å². The van der Waals surface area contributed by atoms with Gasteiger partial charge in [-0.2, -0.15) is 0 Å². The molecule has 0 aliphatic rings. The zero-order valence-electron chi connectivity index (χ0n) is 11.8. The monoisotopic (exact) mass is 317 g/mol. The normalized spacial score (nSPS) is 10.6. The number of ether oxygens (including phenoxy) is 1. The van der Waals surface area contributed by atoms with Gasteiger partial charge in [0, 0.05) is 17.3 Å². The number of aromatic carboxylic acids is 1. The van der Waals surface area contributed by atoms with Crippen LogP contribution in [0, 0.1) is 0 Å². The summed E-state index contributed by atoms with van der Waals surface area (Å²) >= 11 is 5.81. The number of anilines is 1. The van der Waals surface area contributed by atoms with E-state index in [1.54, 1.807) is 12.1 Å². The van der Waals surface area contributed by atoms with Gasteiger partial charge in [-0.1, -0.05) is 17.7 Å². The molecule has 2 aromatic rings. The summed E-state index contributed by atoms with van der Waals surface area (Å²) in [7, 11) is 0. The van der Waals surface area contributed by atoms with Crippen LogP contribution in [0.2, 0.25) is 5.02 Å². The molecule has 4 nitrogen and oxygen atoms in total. The number of rotatable bonds is 7. The number of carboxylic acids is 1. The summed E-state index contributed by atoms with van der Waals surface area (Å²) in [5.41, 5.74) is 1.24. The molecule has 0 atom stereocenters. The third-order valence-corrected chi connectivity index (χ3v) is 3.13. The summed E-state index contributed by atoms with van der Waals surface area (Å²) < 4.78 is 5.48. The second-order valence-corrected chi connectivity index (χ2v) is 4.94. The molecule has 0 fully saturated rings. The molecule has 0 aliphatic heterocycles. The van der Waals surface area contributed by atoms with Crippen molar-refractivity contribution < 1.29 is 14.6 Å². The fourth-order valence-electron chi connectivity index (χ4n) is 1.73. The van der Waals surface area contributed by atoms with Gasteiger partial charge in [-0.3, -0.25) is 0 Å². The average Bonchev–Trinajstić information content (AvgIpc) is 2.53. The number of benzene rings is 2. The Labute approximate surface area is 134 Å². The minimum atomic E-state index is -0.945. The van der Waals surface area contributed by atoms with Gasteiger partial charge in [0.05, 0.1) is 5.56 Å². The highest BCUT2D eigenvalue weighted by molar-refractivity contribution is 6.30. The average molecular weight is 318 g/mol. The van der Waals surface area contributed by atoms with Crippen molar-refractivity contribution in [1.82, 2.24) is 0 Å². The van der Waals surface area contributed by atoms with Crippen LogP contribution < -0.4 is 10.1 Å². The number of halogens is 1. The molecular weight excluding hydrogens is 302 g/mol. The molecule has 0 unspecified atom stereocenters. The van der Waals surface area contributed by atoms with Crippen LogP contribution in [0.4, 0.5) is 5.69 Å². The highest BCUT2D eigenvalue weighted by atomic mass is 35.5. The molecular formula is C17H16ClNO3. The van der Waals surface area contributed by atoms with Gasteiger partial charge in [0.2, 0.25) is 0 Å². The Morgan fingerprint density at radius 2 is 1.77 bits per heavy atom. The number of hydrogen-bond donors (Lipinski definition) is 2. The van der Waals surface area contributed by atoms with Crippen LogP contribution in [0.1, 0.15) is 10.4 Å². The van der Waals surface area contributed by atoms with Gasteiger partial charge in [-0.25, -0.2) is 4.79 Å². The van der Waals surface area contributed by atoms with Crippen molar-refractivity contribution in [3.05, 3.63) is 71.3 Å². The van der Waals surface area contributed by atoms with Crippen LogP contribution in [0.15, 0.2) is 60.7 Å². The van der Waals surface area contributed by atoms with Crippen LogP contribution in [-0.4, -0.2) is 24.2 Å². The largest absolute Gasteiger partial charge is 0.490 e. The third kappa shape index (κ3) is 5.14. The number of nitrogens with one attached hydrogen (secondary N) is 1. The molecule has 0 heterocycles. The lowest BCUT2D eigenvalue weighted by atomic mass is 10.2. The summed E-state index contributed by atoms with van der Waals surface area (Å²) in [6.45, 7) is 1.11. The molecule has 0 bridgehead atoms. The van der Waals surface area contributed by atoms with E-state index in [2.05, 4.69) is 5.32 Å². The molecule has 0 aromatic heterocycles. The van der Waals surface area contributed by atoms with Crippen molar-refractivity contribution in [2.75, 3.05) is 18.5 Å². The first kappa shape index (κ1) is 15.9. The lowest BCUT2D eigenvalue weighted by Crippen LogP contribution is -2.00. The van der Waals surface area contributed by atoms with Crippen molar-refractivity contribution >= 4 is 23.3 Å². The quantitative estimate of drug-likeness (QED) is 0.755. The highest BCUT2D eigenvalue weighted by Gasteiger charge is 2.01. The van der Waals surface area contributed by atoms with Crippen LogP contribution in [0.3, 0.4) is 0 Å². The van der Waals surface area contributed by atoms with Gasteiger partial charge in [-0.15, -0.1) is 0 Å². The topological polar surface area (TPSA) is 58.6 Å². The molecule has 0 spiro atoms. The Morgan fingerprint density at radius 3 is 2.41 bits per heavy atom. The van der Waals surface area contributed by atoms with E-state index in [1.807, 2.05) is 36.4 Å². The van der Waals surface area contributed by atoms with E-state index in [1.165, 1.54) is 12.1 Å². The van der Waals surface area contributed by atoms with Crippen LogP contribution in [-0.2, 0) is 0 Å². The summed E-state index contributed by atoms with van der Waals surface area (Å²) in [5.74, 6) is -0.306. The maximum Gasteiger partial charge on any atom is 0.335 e. The number of carboxylic acid groups (broad SMARTS) is 1. The summed E-state index contributed by atoms with van der Waals surface area (Å²) in [6, 6.07) is 13.8. The van der Waals surface area contributed by atoms with Crippen molar-refractivity contribution in [2.24, 2.45) is 0 Å². The molecule has 2 N–H and O–H groups in total. The van der Waals surface area contributed by atoms with Crippen molar-refractivity contribution in [3.8, 4) is 5.75 Å². The van der Waals surface area contributed by atoms with Gasteiger partial charge in [0.15, 0.2) is 0 Å². The lowest BCUT2D eigenvalue weighted by Gasteiger charge is -2.04. The van der Waals surface area contributed by atoms with Crippen LogP contribution in [0.5, 0.6) is 5.75 Å². The SMILES string of the molecule is O=C(O)c1ccc(OCC=CCNc2ccc(Cl)cc2)cc1. The van der Waals surface area contributed by atoms with E-state index in [4.69, 9.17) is 21.4 Å². The van der Waals surface area contributed by atoms with Gasteiger partial charge in [0.25, 0.3) is 0 Å². The van der Waals surface area contributed by atoms with Gasteiger partial charge in [0.1, 0.15) is 12.4 Å². The van der Waals surface area contributed by atoms with Gasteiger partial charge in [-0.05, 0) is 54.6 Å². The molecule has 0 amide bonds. The van der Waals surface area contributed by atoms with Crippen molar-refractivity contribution in [1.29, 1.82) is 0 Å². The Morgan fingerprint density at radius 1 is 1.09 bits per heavy atom. The zero-order chi connectivity index (χ0) is 15.8. The van der Waals surface area contributed by atoms with Gasteiger partial charge < -0.3 is 15.2 Å². The standard InChI is InChI=1S/C17H16ClNO3/c18-14-5-7-15(8-6-14)19-11-1-2-12-22-16-9-3-13(4-10-16)17(20)21/h1-10,19H,11-12H2,(H,20,21). The second-order valence-electron chi connectivity index (χ2n) is 4.50. The Kier molecular flexibility index (Phi) is 5.86. The summed E-state index contributed by atoms with van der Waals surface area (Å²) in [4.78, 5) is 10.7. The van der Waals surface area contributed by atoms with E-state index >= 15 is 0 Å². The van der Waals surface area contributed by atoms with Crippen molar-refractivity contribution in [3.63, 3.8) is 0 Å². The fourth-order valence-corrected chi connectivity index (χ4v) is 1.86. The minimum Gasteiger partial charge on any atom is -0.490 e. The van der Waals surface area contributed by atoms with Crippen LogP contribution in [0.25, 0.3) is 0 Å². The molecule has 0 radical (unpaired) electrons. The second kappa shape index (κ2) is 8.10. The molecule has 22 heavy (non-hydrogen) atoms. The first-order chi connectivity index (χ1) is 10.6. The summed E-state index contributed by atoms with van der Waals surface area (Å²) in [6.07, 6.45) is 3.86. The zero-order valence-corrected chi connectivity index (χ0v) is 12.6. The third-order valence-electron chi connectivity index (χ3n) is 2.88. The highest BCUT2D eigenvalue weighted by Crippen LogP contribution is 2.13. The Hall–Kier alpha value is -2.46. The molecule has 0 saturated heterocycles. The molecule has 114 valence electrons. The molecule has 2 aromatic carbocycles. The number of carbonyl (C=O) groups is 1. The first-order valence-corrected chi connectivity index (χ1v) is 7.13. The molecule has 2 rings (SSSR count). The van der Waals surface area contributed by atoms with E-state index in [0.717, 1.165) is 5.69 Å². The molecule has 5 heteroatoms.